The highest BCUT2D eigenvalue weighted by atomic mass is 16.6. The van der Waals surface area contributed by atoms with Gasteiger partial charge >= 0.3 is 12.1 Å². The normalized spacial score (nSPS) is 11.5. The second kappa shape index (κ2) is 9.50. The Kier molecular flexibility index (Phi) is 8.70. The molecule has 0 aromatic rings. The Labute approximate surface area is 109 Å². The minimum absolute atomic E-state index is 0.276. The number of hydrogen-bond donors (Lipinski definition) is 1. The molecule has 0 fully saturated rings. The van der Waals surface area contributed by atoms with Gasteiger partial charge in [-0.15, -0.1) is 6.58 Å². The molecule has 0 aromatic carbocycles. The van der Waals surface area contributed by atoms with E-state index in [1.165, 1.54) is 0 Å². The highest BCUT2D eigenvalue weighted by molar-refractivity contribution is 5.81. The van der Waals surface area contributed by atoms with Crippen LogP contribution in [0.3, 0.4) is 0 Å². The van der Waals surface area contributed by atoms with Crippen LogP contribution >= 0.6 is 0 Å². The molecular weight excluding hydrogens is 234 g/mol. The van der Waals surface area contributed by atoms with E-state index in [0.717, 1.165) is 18.4 Å². The summed E-state index contributed by atoms with van der Waals surface area (Å²) in [6, 6.07) is -0.725. The predicted octanol–water partition coefficient (Wildman–Crippen LogP) is 2.41. The summed E-state index contributed by atoms with van der Waals surface area (Å²) in [5.74, 6) is -0.465. The van der Waals surface area contributed by atoms with Gasteiger partial charge in [0.25, 0.3) is 0 Å². The molecule has 18 heavy (non-hydrogen) atoms. The van der Waals surface area contributed by atoms with Gasteiger partial charge in [-0.2, -0.15) is 0 Å². The number of alkyl carbamates (subject to hydrolysis) is 1. The molecule has 1 N–H and O–H groups in total. The van der Waals surface area contributed by atoms with Crippen molar-refractivity contribution in [2.45, 2.75) is 46.1 Å². The summed E-state index contributed by atoms with van der Waals surface area (Å²) in [7, 11) is 0. The van der Waals surface area contributed by atoms with Crippen LogP contribution in [0, 0.1) is 0 Å². The molecule has 5 nitrogen and oxygen atoms in total. The van der Waals surface area contributed by atoms with E-state index in [-0.39, 0.29) is 6.61 Å². The summed E-state index contributed by atoms with van der Waals surface area (Å²) in [5.41, 5.74) is 0.793. The first-order valence-corrected chi connectivity index (χ1v) is 6.25. The molecular formula is C13H23NO4. The molecule has 0 radical (unpaired) electrons. The van der Waals surface area contributed by atoms with Crippen LogP contribution in [0.2, 0.25) is 0 Å². The second-order valence-electron chi connectivity index (χ2n) is 4.10. The Hall–Kier alpha value is -1.52. The van der Waals surface area contributed by atoms with E-state index < -0.39 is 18.1 Å². The standard InChI is InChI=1S/C13H23NO4/c1-5-7-8-18-13(16)14-11(9-10(3)4)12(15)17-6-2/h11H,3,5-9H2,1-2,4H3,(H,14,16)/t11-/m0/s1. The molecule has 0 aliphatic carbocycles. The smallest absolute Gasteiger partial charge is 0.407 e. The van der Waals surface area contributed by atoms with Crippen LogP contribution in [-0.4, -0.2) is 31.3 Å². The lowest BCUT2D eigenvalue weighted by Gasteiger charge is -2.17. The van der Waals surface area contributed by atoms with E-state index in [1.807, 2.05) is 6.92 Å². The van der Waals surface area contributed by atoms with Gasteiger partial charge in [0.2, 0.25) is 0 Å². The fourth-order valence-corrected chi connectivity index (χ4v) is 1.28. The number of carbonyl (C=O) groups excluding carboxylic acids is 2. The topological polar surface area (TPSA) is 64.6 Å². The average molecular weight is 257 g/mol. The maximum atomic E-state index is 11.6. The van der Waals surface area contributed by atoms with Crippen molar-refractivity contribution in [1.29, 1.82) is 0 Å². The molecule has 0 unspecified atom stereocenters. The number of nitrogens with one attached hydrogen (secondary N) is 1. The summed E-state index contributed by atoms with van der Waals surface area (Å²) in [6.07, 6.45) is 1.50. The van der Waals surface area contributed by atoms with E-state index in [4.69, 9.17) is 9.47 Å². The molecule has 0 saturated carbocycles. The van der Waals surface area contributed by atoms with Gasteiger partial charge in [0, 0.05) is 0 Å². The van der Waals surface area contributed by atoms with Crippen molar-refractivity contribution >= 4 is 12.1 Å². The van der Waals surface area contributed by atoms with Crippen LogP contribution in [0.15, 0.2) is 12.2 Å². The zero-order valence-corrected chi connectivity index (χ0v) is 11.5. The molecule has 104 valence electrons. The van der Waals surface area contributed by atoms with E-state index in [2.05, 4.69) is 11.9 Å². The van der Waals surface area contributed by atoms with Crippen molar-refractivity contribution in [1.82, 2.24) is 5.32 Å². The van der Waals surface area contributed by atoms with Gasteiger partial charge in [0.1, 0.15) is 6.04 Å². The molecule has 1 atom stereocenters. The molecule has 0 aromatic heterocycles. The van der Waals surface area contributed by atoms with E-state index in [9.17, 15) is 9.59 Å². The van der Waals surface area contributed by atoms with Crippen LogP contribution in [-0.2, 0) is 14.3 Å². The number of rotatable bonds is 8. The third kappa shape index (κ3) is 7.70. The zero-order chi connectivity index (χ0) is 14.0. The number of amides is 1. The first-order valence-electron chi connectivity index (χ1n) is 6.25. The minimum Gasteiger partial charge on any atom is -0.464 e. The van der Waals surface area contributed by atoms with Gasteiger partial charge in [-0.05, 0) is 26.7 Å². The molecule has 5 heteroatoms. The van der Waals surface area contributed by atoms with Gasteiger partial charge in [-0.3, -0.25) is 0 Å². The Balaban J connectivity index is 4.26. The maximum absolute atomic E-state index is 11.6. The van der Waals surface area contributed by atoms with Gasteiger partial charge in [-0.25, -0.2) is 9.59 Å². The summed E-state index contributed by atoms with van der Waals surface area (Å²) in [4.78, 5) is 23.1. The summed E-state index contributed by atoms with van der Waals surface area (Å²) < 4.78 is 9.82. The molecule has 0 aliphatic rings. The highest BCUT2D eigenvalue weighted by Gasteiger charge is 2.22. The average Bonchev–Trinajstić information content (AvgIpc) is 2.28. The lowest BCUT2D eigenvalue weighted by Crippen LogP contribution is -2.42. The highest BCUT2D eigenvalue weighted by Crippen LogP contribution is 2.05. The Morgan fingerprint density at radius 1 is 1.28 bits per heavy atom. The predicted molar refractivity (Wildman–Crippen MR) is 69.2 cm³/mol. The van der Waals surface area contributed by atoms with Gasteiger partial charge in [0.05, 0.1) is 13.2 Å². The fourth-order valence-electron chi connectivity index (χ4n) is 1.28. The number of carbonyl (C=O) groups is 2. The van der Waals surface area contributed by atoms with Crippen molar-refractivity contribution < 1.29 is 19.1 Å². The lowest BCUT2D eigenvalue weighted by atomic mass is 10.1. The number of hydrogen-bond acceptors (Lipinski definition) is 4. The quantitative estimate of drug-likeness (QED) is 0.412. The monoisotopic (exact) mass is 257 g/mol. The molecule has 0 rings (SSSR count). The zero-order valence-electron chi connectivity index (χ0n) is 11.5. The third-order valence-electron chi connectivity index (χ3n) is 2.15. The molecule has 0 heterocycles. The Bertz CT molecular complexity index is 289. The van der Waals surface area contributed by atoms with Gasteiger partial charge < -0.3 is 14.8 Å². The third-order valence-corrected chi connectivity index (χ3v) is 2.15. The number of esters is 1. The van der Waals surface area contributed by atoms with Crippen LogP contribution < -0.4 is 5.32 Å². The minimum atomic E-state index is -0.725. The van der Waals surface area contributed by atoms with Crippen molar-refractivity contribution in [2.75, 3.05) is 13.2 Å². The van der Waals surface area contributed by atoms with Crippen LogP contribution in [0.5, 0.6) is 0 Å². The first-order chi connectivity index (χ1) is 8.51. The van der Waals surface area contributed by atoms with Crippen molar-refractivity contribution in [3.8, 4) is 0 Å². The van der Waals surface area contributed by atoms with Gasteiger partial charge in [0.15, 0.2) is 0 Å². The summed E-state index contributed by atoms with van der Waals surface area (Å²) in [6.45, 7) is 9.86. The lowest BCUT2D eigenvalue weighted by molar-refractivity contribution is -0.145. The number of ether oxygens (including phenoxy) is 2. The van der Waals surface area contributed by atoms with Crippen molar-refractivity contribution in [3.63, 3.8) is 0 Å². The second-order valence-corrected chi connectivity index (χ2v) is 4.10. The van der Waals surface area contributed by atoms with Crippen LogP contribution in [0.4, 0.5) is 4.79 Å². The fraction of sp³-hybridized carbons (Fsp3) is 0.692. The summed E-state index contributed by atoms with van der Waals surface area (Å²) >= 11 is 0. The van der Waals surface area contributed by atoms with Gasteiger partial charge in [-0.1, -0.05) is 18.9 Å². The van der Waals surface area contributed by atoms with E-state index in [0.29, 0.717) is 13.0 Å². The van der Waals surface area contributed by atoms with Crippen molar-refractivity contribution in [3.05, 3.63) is 12.2 Å². The molecule has 1 amide bonds. The van der Waals surface area contributed by atoms with Crippen molar-refractivity contribution in [2.24, 2.45) is 0 Å². The van der Waals surface area contributed by atoms with Crippen LogP contribution in [0.25, 0.3) is 0 Å². The van der Waals surface area contributed by atoms with Crippen LogP contribution in [0.1, 0.15) is 40.0 Å². The largest absolute Gasteiger partial charge is 0.464 e. The SMILES string of the molecule is C=C(C)C[C@H](NC(=O)OCCCC)C(=O)OCC. The maximum Gasteiger partial charge on any atom is 0.407 e. The van der Waals surface area contributed by atoms with E-state index >= 15 is 0 Å². The Morgan fingerprint density at radius 3 is 2.44 bits per heavy atom. The molecule has 0 spiro atoms. The Morgan fingerprint density at radius 2 is 1.94 bits per heavy atom. The molecule has 0 saturated heterocycles. The van der Waals surface area contributed by atoms with E-state index in [1.54, 1.807) is 13.8 Å². The molecule has 0 bridgehead atoms. The first kappa shape index (κ1) is 16.5. The number of unbranched alkanes of at least 4 members (excludes halogenated alkanes) is 1. The molecule has 0 aliphatic heterocycles. The summed E-state index contributed by atoms with van der Waals surface area (Å²) in [5, 5.41) is 2.50.